The van der Waals surface area contributed by atoms with Crippen molar-refractivity contribution in [2.24, 2.45) is 0 Å². The molecule has 1 N–H and O–H groups in total. The lowest BCUT2D eigenvalue weighted by Gasteiger charge is -2.14. The number of carbonyl (C=O) groups is 1. The van der Waals surface area contributed by atoms with Crippen molar-refractivity contribution in [2.45, 2.75) is 32.5 Å². The number of nitro benzene ring substituents is 1. The number of para-hydroxylation sites is 1. The molecule has 1 amide bonds. The molecule has 0 aliphatic carbocycles. The molecule has 0 unspecified atom stereocenters. The molecule has 0 atom stereocenters. The average Bonchev–Trinajstić information content (AvgIpc) is 2.88. The first-order chi connectivity index (χ1) is 17.3. The highest BCUT2D eigenvalue weighted by molar-refractivity contribution is 5.78. The maximum atomic E-state index is 13.3. The average molecular weight is 490 g/mol. The third-order valence-electron chi connectivity index (χ3n) is 5.78. The monoisotopic (exact) mass is 490 g/mol. The van der Waals surface area contributed by atoms with Gasteiger partial charge in [-0.15, -0.1) is 0 Å². The van der Waals surface area contributed by atoms with Gasteiger partial charge in [0.05, 0.1) is 22.4 Å². The molecule has 10 heteroatoms. The number of amides is 1. The van der Waals surface area contributed by atoms with Crippen molar-refractivity contribution in [1.82, 2.24) is 14.5 Å². The van der Waals surface area contributed by atoms with Gasteiger partial charge in [-0.3, -0.25) is 28.8 Å². The quantitative estimate of drug-likeness (QED) is 0.285. The predicted octanol–water partition coefficient (Wildman–Crippen LogP) is 3.36. The molecule has 0 aliphatic rings. The molecule has 0 spiro atoms. The second-order valence-electron chi connectivity index (χ2n) is 8.28. The Morgan fingerprint density at radius 1 is 0.944 bits per heavy atom. The van der Waals surface area contributed by atoms with E-state index in [2.05, 4.69) is 5.32 Å². The number of hydrogen-bond donors (Lipinski definition) is 1. The third kappa shape index (κ3) is 5.54. The zero-order chi connectivity index (χ0) is 25.7. The Labute approximate surface area is 204 Å². The highest BCUT2D eigenvalue weighted by Gasteiger charge is 2.15. The number of nitrogens with zero attached hydrogens (tertiary/aromatic N) is 3. The molecular weight excluding hydrogens is 467 g/mol. The topological polar surface area (TPSA) is 116 Å². The SMILES string of the molecule is O=C(CCCn1c(=O)c2ccccc2n(Cc2cccc([N+](=O)[O-])c2)c1=O)NCc1ccc(F)cc1. The van der Waals surface area contributed by atoms with Crippen LogP contribution in [0.25, 0.3) is 10.9 Å². The summed E-state index contributed by atoms with van der Waals surface area (Å²) in [6.45, 7) is 0.311. The Morgan fingerprint density at radius 2 is 1.69 bits per heavy atom. The molecule has 0 aliphatic heterocycles. The van der Waals surface area contributed by atoms with E-state index in [9.17, 15) is 28.9 Å². The summed E-state index contributed by atoms with van der Waals surface area (Å²) >= 11 is 0. The molecule has 0 fully saturated rings. The minimum Gasteiger partial charge on any atom is -0.352 e. The fourth-order valence-electron chi connectivity index (χ4n) is 3.96. The van der Waals surface area contributed by atoms with Crippen LogP contribution in [0, 0.1) is 15.9 Å². The van der Waals surface area contributed by atoms with Crippen LogP contribution in [-0.4, -0.2) is 20.0 Å². The lowest BCUT2D eigenvalue weighted by Crippen LogP contribution is -2.40. The van der Waals surface area contributed by atoms with Crippen LogP contribution in [-0.2, 0) is 24.4 Å². The van der Waals surface area contributed by atoms with Crippen molar-refractivity contribution in [1.29, 1.82) is 0 Å². The second kappa shape index (κ2) is 10.8. The number of hydrogen-bond acceptors (Lipinski definition) is 5. The molecule has 0 bridgehead atoms. The predicted molar refractivity (Wildman–Crippen MR) is 132 cm³/mol. The van der Waals surface area contributed by atoms with Gasteiger partial charge in [-0.05, 0) is 41.8 Å². The number of benzene rings is 3. The van der Waals surface area contributed by atoms with Crippen LogP contribution in [0.2, 0.25) is 0 Å². The van der Waals surface area contributed by atoms with Crippen molar-refractivity contribution < 1.29 is 14.1 Å². The summed E-state index contributed by atoms with van der Waals surface area (Å²) in [6, 6.07) is 18.4. The van der Waals surface area contributed by atoms with E-state index < -0.39 is 16.2 Å². The fourth-order valence-corrected chi connectivity index (χ4v) is 3.96. The van der Waals surface area contributed by atoms with Crippen LogP contribution in [0.3, 0.4) is 0 Å². The number of rotatable bonds is 9. The molecule has 1 aromatic heterocycles. The highest BCUT2D eigenvalue weighted by atomic mass is 19.1. The van der Waals surface area contributed by atoms with Crippen LogP contribution < -0.4 is 16.6 Å². The standard InChI is InChI=1S/C26H23FN4O5/c27-20-12-10-18(11-13-20)16-28-24(32)9-4-14-29-25(33)22-7-1-2-8-23(22)30(26(29)34)17-19-5-3-6-21(15-19)31(35)36/h1-3,5-8,10-13,15H,4,9,14,16-17H2,(H,28,32). The summed E-state index contributed by atoms with van der Waals surface area (Å²) in [5, 5.41) is 14.2. The van der Waals surface area contributed by atoms with E-state index in [1.807, 2.05) is 0 Å². The molecular formula is C26H23FN4O5. The minimum atomic E-state index is -0.558. The van der Waals surface area contributed by atoms with Crippen molar-refractivity contribution in [3.63, 3.8) is 0 Å². The van der Waals surface area contributed by atoms with Gasteiger partial charge in [0.15, 0.2) is 0 Å². The van der Waals surface area contributed by atoms with Gasteiger partial charge in [0.25, 0.3) is 11.2 Å². The fraction of sp³-hybridized carbons (Fsp3) is 0.192. The maximum absolute atomic E-state index is 13.3. The van der Waals surface area contributed by atoms with Gasteiger partial charge >= 0.3 is 5.69 Å². The molecule has 1 heterocycles. The zero-order valence-electron chi connectivity index (χ0n) is 19.2. The van der Waals surface area contributed by atoms with Crippen LogP contribution in [0.5, 0.6) is 0 Å². The normalized spacial score (nSPS) is 10.9. The number of carbonyl (C=O) groups excluding carboxylic acids is 1. The van der Waals surface area contributed by atoms with Gasteiger partial charge < -0.3 is 5.32 Å². The van der Waals surface area contributed by atoms with Crippen LogP contribution in [0.1, 0.15) is 24.0 Å². The van der Waals surface area contributed by atoms with Crippen molar-refractivity contribution >= 4 is 22.5 Å². The van der Waals surface area contributed by atoms with Gasteiger partial charge in [-0.25, -0.2) is 9.18 Å². The number of aromatic nitrogens is 2. The first kappa shape index (κ1) is 24.5. The first-order valence-corrected chi connectivity index (χ1v) is 11.3. The summed E-state index contributed by atoms with van der Waals surface area (Å²) in [7, 11) is 0. The Morgan fingerprint density at radius 3 is 2.44 bits per heavy atom. The van der Waals surface area contributed by atoms with Crippen LogP contribution >= 0.6 is 0 Å². The maximum Gasteiger partial charge on any atom is 0.331 e. The van der Waals surface area contributed by atoms with Crippen LogP contribution in [0.15, 0.2) is 82.4 Å². The molecule has 9 nitrogen and oxygen atoms in total. The Bertz CT molecular complexity index is 1540. The van der Waals surface area contributed by atoms with E-state index in [1.165, 1.54) is 28.8 Å². The number of fused-ring (bicyclic) bond motifs is 1. The van der Waals surface area contributed by atoms with E-state index in [1.54, 1.807) is 48.5 Å². The molecule has 0 saturated carbocycles. The van der Waals surface area contributed by atoms with E-state index in [-0.39, 0.29) is 49.9 Å². The van der Waals surface area contributed by atoms with Gasteiger partial charge in [0.2, 0.25) is 5.91 Å². The Kier molecular flexibility index (Phi) is 7.33. The largest absolute Gasteiger partial charge is 0.352 e. The Balaban J connectivity index is 1.53. The van der Waals surface area contributed by atoms with Crippen molar-refractivity contribution in [3.05, 3.63) is 121 Å². The summed E-state index contributed by atoms with van der Waals surface area (Å²) < 4.78 is 15.5. The number of nitro groups is 1. The molecule has 36 heavy (non-hydrogen) atoms. The molecule has 0 radical (unpaired) electrons. The van der Waals surface area contributed by atoms with Crippen molar-refractivity contribution in [2.75, 3.05) is 0 Å². The van der Waals surface area contributed by atoms with Crippen LogP contribution in [0.4, 0.5) is 10.1 Å². The molecule has 0 saturated heterocycles. The van der Waals surface area contributed by atoms with Gasteiger partial charge in [-0.1, -0.05) is 36.4 Å². The summed E-state index contributed by atoms with van der Waals surface area (Å²) in [4.78, 5) is 49.2. The van der Waals surface area contributed by atoms with E-state index in [0.717, 1.165) is 10.1 Å². The molecule has 3 aromatic carbocycles. The van der Waals surface area contributed by atoms with Gasteiger partial charge in [-0.2, -0.15) is 0 Å². The lowest BCUT2D eigenvalue weighted by molar-refractivity contribution is -0.384. The molecule has 4 rings (SSSR count). The van der Waals surface area contributed by atoms with E-state index in [0.29, 0.717) is 16.5 Å². The summed E-state index contributed by atoms with van der Waals surface area (Å²) in [6.07, 6.45) is 0.338. The second-order valence-corrected chi connectivity index (χ2v) is 8.28. The van der Waals surface area contributed by atoms with E-state index in [4.69, 9.17) is 0 Å². The van der Waals surface area contributed by atoms with Crippen molar-refractivity contribution in [3.8, 4) is 0 Å². The highest BCUT2D eigenvalue weighted by Crippen LogP contribution is 2.16. The summed E-state index contributed by atoms with van der Waals surface area (Å²) in [5.74, 6) is -0.618. The number of nitrogens with one attached hydrogen (secondary N) is 1. The number of halogens is 1. The summed E-state index contributed by atoms with van der Waals surface area (Å²) in [5.41, 5.74) is 0.605. The first-order valence-electron chi connectivity index (χ1n) is 11.3. The third-order valence-corrected chi connectivity index (χ3v) is 5.78. The van der Waals surface area contributed by atoms with E-state index >= 15 is 0 Å². The Hall–Kier alpha value is -4.60. The lowest BCUT2D eigenvalue weighted by atomic mass is 10.2. The van der Waals surface area contributed by atoms with Gasteiger partial charge in [0, 0.05) is 31.6 Å². The zero-order valence-corrected chi connectivity index (χ0v) is 19.2. The molecule has 4 aromatic rings. The number of non-ortho nitro benzene ring substituents is 1. The molecule has 184 valence electrons. The van der Waals surface area contributed by atoms with Gasteiger partial charge in [0.1, 0.15) is 5.82 Å². The minimum absolute atomic E-state index is 0.0292. The smallest absolute Gasteiger partial charge is 0.331 e.